The highest BCUT2D eigenvalue weighted by molar-refractivity contribution is 5.13. The van der Waals surface area contributed by atoms with Crippen molar-refractivity contribution in [3.8, 4) is 0 Å². The molecule has 4 aliphatic carbocycles. The highest BCUT2D eigenvalue weighted by atomic mass is 16.7. The molecular weight excluding hydrogens is 324 g/mol. The van der Waals surface area contributed by atoms with Gasteiger partial charge in [0, 0.05) is 11.8 Å². The fraction of sp³-hybridized carbons (Fsp3) is 1.00. The maximum atomic E-state index is 10.9. The molecule has 1 saturated heterocycles. The first-order valence-electron chi connectivity index (χ1n) is 11.4. The first kappa shape index (κ1) is 17.9. The maximum Gasteiger partial charge on any atom is 0.174 e. The topological polar surface area (TPSA) is 38.7 Å². The molecule has 0 aromatic carbocycles. The van der Waals surface area contributed by atoms with Crippen LogP contribution < -0.4 is 0 Å². The summed E-state index contributed by atoms with van der Waals surface area (Å²) >= 11 is 0. The summed E-state index contributed by atoms with van der Waals surface area (Å²) in [6.45, 7) is 8.80. The van der Waals surface area contributed by atoms with E-state index >= 15 is 0 Å². The lowest BCUT2D eigenvalue weighted by Crippen LogP contribution is -2.58. The average molecular weight is 363 g/mol. The van der Waals surface area contributed by atoms with Crippen LogP contribution in [0.4, 0.5) is 0 Å². The van der Waals surface area contributed by atoms with Crippen molar-refractivity contribution in [2.45, 2.75) is 96.4 Å². The lowest BCUT2D eigenvalue weighted by Gasteiger charge is -2.62. The highest BCUT2D eigenvalue weighted by Gasteiger charge is 2.67. The van der Waals surface area contributed by atoms with Crippen molar-refractivity contribution in [1.82, 2.24) is 0 Å². The number of hydrogen-bond donors (Lipinski definition) is 1. The zero-order valence-electron chi connectivity index (χ0n) is 17.1. The first-order chi connectivity index (χ1) is 12.4. The van der Waals surface area contributed by atoms with E-state index in [1.807, 2.05) is 0 Å². The van der Waals surface area contributed by atoms with E-state index < -0.39 is 0 Å². The minimum Gasteiger partial charge on any atom is -0.390 e. The van der Waals surface area contributed by atoms with E-state index in [0.717, 1.165) is 62.6 Å². The third-order valence-corrected chi connectivity index (χ3v) is 10.3. The molecule has 0 amide bonds. The molecule has 7 atom stereocenters. The lowest BCUT2D eigenvalue weighted by atomic mass is 9.44. The molecule has 0 unspecified atom stereocenters. The standard InChI is InChI=1S/C23H38O3/c1-4-22(24)12-11-20(2)16(15-22)5-6-17-18(20)7-9-21(3)19(17)8-10-23(21)25-13-14-26-23/h16-19,24H,4-15H2,1-3H3/t16-,17+,18-,19-,20-,21-,22+/m0/s1. The molecule has 148 valence electrons. The van der Waals surface area contributed by atoms with E-state index in [4.69, 9.17) is 9.47 Å². The molecule has 1 aliphatic heterocycles. The van der Waals surface area contributed by atoms with Gasteiger partial charge in [0.2, 0.25) is 0 Å². The van der Waals surface area contributed by atoms with Crippen molar-refractivity contribution in [2.24, 2.45) is 34.5 Å². The van der Waals surface area contributed by atoms with Gasteiger partial charge >= 0.3 is 0 Å². The van der Waals surface area contributed by atoms with Gasteiger partial charge in [0.25, 0.3) is 0 Å². The molecule has 1 heterocycles. The van der Waals surface area contributed by atoms with Crippen LogP contribution in [-0.2, 0) is 9.47 Å². The molecule has 0 aromatic rings. The summed E-state index contributed by atoms with van der Waals surface area (Å²) in [7, 11) is 0. The van der Waals surface area contributed by atoms with Crippen LogP contribution >= 0.6 is 0 Å². The van der Waals surface area contributed by atoms with E-state index in [1.54, 1.807) is 0 Å². The van der Waals surface area contributed by atoms with Gasteiger partial charge < -0.3 is 14.6 Å². The predicted molar refractivity (Wildman–Crippen MR) is 102 cm³/mol. The quantitative estimate of drug-likeness (QED) is 0.720. The van der Waals surface area contributed by atoms with E-state index in [0.29, 0.717) is 5.41 Å². The molecule has 5 aliphatic rings. The molecule has 4 saturated carbocycles. The third-order valence-electron chi connectivity index (χ3n) is 10.3. The van der Waals surface area contributed by atoms with E-state index in [1.165, 1.54) is 38.5 Å². The van der Waals surface area contributed by atoms with Gasteiger partial charge in [0.1, 0.15) is 0 Å². The van der Waals surface area contributed by atoms with Crippen molar-refractivity contribution in [1.29, 1.82) is 0 Å². The second kappa shape index (κ2) is 5.70. The number of rotatable bonds is 1. The van der Waals surface area contributed by atoms with Crippen LogP contribution in [0, 0.1) is 34.5 Å². The molecule has 0 bridgehead atoms. The minimum atomic E-state index is -0.386. The van der Waals surface area contributed by atoms with E-state index in [9.17, 15) is 5.11 Å². The summed E-state index contributed by atoms with van der Waals surface area (Å²) in [4.78, 5) is 0. The SMILES string of the molecule is CC[C@@]1(O)CC[C@@]2(C)[C@@H](CC[C@@H]3[C@@H]2CC[C@@]2(C)[C@H]3CCC23OCCO3)C1. The van der Waals surface area contributed by atoms with Crippen molar-refractivity contribution >= 4 is 0 Å². The van der Waals surface area contributed by atoms with Crippen LogP contribution in [-0.4, -0.2) is 29.7 Å². The summed E-state index contributed by atoms with van der Waals surface area (Å²) in [6.07, 6.45) is 11.9. The summed E-state index contributed by atoms with van der Waals surface area (Å²) in [5, 5.41) is 10.9. The number of fused-ring (bicyclic) bond motifs is 6. The molecular formula is C23H38O3. The van der Waals surface area contributed by atoms with Crippen LogP contribution in [0.2, 0.25) is 0 Å². The zero-order valence-corrected chi connectivity index (χ0v) is 17.1. The first-order valence-corrected chi connectivity index (χ1v) is 11.4. The van der Waals surface area contributed by atoms with Crippen molar-refractivity contribution < 1.29 is 14.6 Å². The maximum absolute atomic E-state index is 10.9. The molecule has 3 heteroatoms. The second-order valence-corrected chi connectivity index (χ2v) is 10.9. The van der Waals surface area contributed by atoms with Crippen molar-refractivity contribution in [2.75, 3.05) is 13.2 Å². The van der Waals surface area contributed by atoms with Gasteiger partial charge in [-0.15, -0.1) is 0 Å². The Bertz CT molecular complexity index is 570. The van der Waals surface area contributed by atoms with Gasteiger partial charge in [-0.1, -0.05) is 20.8 Å². The Morgan fingerprint density at radius 1 is 0.885 bits per heavy atom. The molecule has 1 spiro atoms. The fourth-order valence-corrected chi connectivity index (χ4v) is 8.53. The van der Waals surface area contributed by atoms with E-state index in [-0.39, 0.29) is 16.8 Å². The molecule has 5 fully saturated rings. The largest absolute Gasteiger partial charge is 0.390 e. The van der Waals surface area contributed by atoms with Crippen molar-refractivity contribution in [3.63, 3.8) is 0 Å². The Kier molecular flexibility index (Phi) is 3.94. The van der Waals surface area contributed by atoms with Crippen LogP contribution in [0.25, 0.3) is 0 Å². The Hall–Kier alpha value is -0.120. The van der Waals surface area contributed by atoms with Gasteiger partial charge in [-0.2, -0.15) is 0 Å². The summed E-state index contributed by atoms with van der Waals surface area (Å²) in [6, 6.07) is 0. The number of ether oxygens (including phenoxy) is 2. The van der Waals surface area contributed by atoms with Crippen LogP contribution in [0.15, 0.2) is 0 Å². The monoisotopic (exact) mass is 362 g/mol. The van der Waals surface area contributed by atoms with Gasteiger partial charge in [-0.25, -0.2) is 0 Å². The second-order valence-electron chi connectivity index (χ2n) is 10.9. The van der Waals surface area contributed by atoms with Crippen LogP contribution in [0.3, 0.4) is 0 Å². The fourth-order valence-electron chi connectivity index (χ4n) is 8.53. The molecule has 3 nitrogen and oxygen atoms in total. The zero-order chi connectivity index (χ0) is 18.2. The Morgan fingerprint density at radius 2 is 1.62 bits per heavy atom. The molecule has 0 aromatic heterocycles. The van der Waals surface area contributed by atoms with Crippen molar-refractivity contribution in [3.05, 3.63) is 0 Å². The van der Waals surface area contributed by atoms with Gasteiger partial charge in [-0.05, 0) is 86.9 Å². The average Bonchev–Trinajstić information content (AvgIpc) is 3.22. The van der Waals surface area contributed by atoms with Gasteiger partial charge in [0.05, 0.1) is 18.8 Å². The molecule has 5 rings (SSSR count). The van der Waals surface area contributed by atoms with Crippen LogP contribution in [0.5, 0.6) is 0 Å². The lowest BCUT2D eigenvalue weighted by molar-refractivity contribution is -0.249. The summed E-state index contributed by atoms with van der Waals surface area (Å²) in [5.74, 6) is 2.91. The van der Waals surface area contributed by atoms with Gasteiger partial charge in [-0.3, -0.25) is 0 Å². The predicted octanol–water partition coefficient (Wildman–Crippen LogP) is 4.91. The number of aliphatic hydroxyl groups is 1. The normalized spacial score (nSPS) is 55.4. The molecule has 26 heavy (non-hydrogen) atoms. The highest BCUT2D eigenvalue weighted by Crippen LogP contribution is 2.70. The Morgan fingerprint density at radius 3 is 2.35 bits per heavy atom. The van der Waals surface area contributed by atoms with Crippen LogP contribution in [0.1, 0.15) is 85.0 Å². The Labute approximate surface area is 159 Å². The van der Waals surface area contributed by atoms with E-state index in [2.05, 4.69) is 20.8 Å². The molecule has 1 N–H and O–H groups in total. The smallest absolute Gasteiger partial charge is 0.174 e. The minimum absolute atomic E-state index is 0.215. The van der Waals surface area contributed by atoms with Gasteiger partial charge in [0.15, 0.2) is 5.79 Å². The number of hydrogen-bond acceptors (Lipinski definition) is 3. The molecule has 0 radical (unpaired) electrons. The third kappa shape index (κ3) is 2.17. The summed E-state index contributed by atoms with van der Waals surface area (Å²) < 4.78 is 12.5. The Balaban J connectivity index is 1.42. The summed E-state index contributed by atoms with van der Waals surface area (Å²) in [5.41, 5.74) is 0.272.